The van der Waals surface area contributed by atoms with Gasteiger partial charge in [-0.05, 0) is 17.0 Å². The molecule has 70 valence electrons. The van der Waals surface area contributed by atoms with Crippen molar-refractivity contribution in [2.45, 2.75) is 26.2 Å². The molecule has 13 heavy (non-hydrogen) atoms. The first kappa shape index (κ1) is 10.1. The largest absolute Gasteiger partial charge is 0.389 e. The Morgan fingerprint density at radius 1 is 1.38 bits per heavy atom. The van der Waals surface area contributed by atoms with Gasteiger partial charge in [-0.15, -0.1) is 0 Å². The van der Waals surface area contributed by atoms with E-state index in [0.717, 1.165) is 11.1 Å². The van der Waals surface area contributed by atoms with Gasteiger partial charge in [0.1, 0.15) is 4.99 Å². The first-order valence-corrected chi connectivity index (χ1v) is 4.57. The van der Waals surface area contributed by atoms with Gasteiger partial charge in [0.05, 0.1) is 0 Å². The van der Waals surface area contributed by atoms with Gasteiger partial charge in [-0.25, -0.2) is 0 Å². The Bertz CT molecular complexity index is 326. The summed E-state index contributed by atoms with van der Waals surface area (Å²) in [6.07, 6.45) is 3.54. The van der Waals surface area contributed by atoms with Crippen LogP contribution in [0.1, 0.15) is 31.9 Å². The smallest absolute Gasteiger partial charge is 0.105 e. The molecule has 0 aliphatic carbocycles. The van der Waals surface area contributed by atoms with E-state index in [1.165, 1.54) is 0 Å². The zero-order valence-electron chi connectivity index (χ0n) is 8.16. The van der Waals surface area contributed by atoms with E-state index >= 15 is 0 Å². The topological polar surface area (TPSA) is 38.9 Å². The molecule has 1 rings (SSSR count). The summed E-state index contributed by atoms with van der Waals surface area (Å²) in [4.78, 5) is 4.51. The third-order valence-electron chi connectivity index (χ3n) is 1.89. The highest BCUT2D eigenvalue weighted by Crippen LogP contribution is 2.21. The van der Waals surface area contributed by atoms with Gasteiger partial charge in [0.2, 0.25) is 0 Å². The predicted octanol–water partition coefficient (Wildman–Crippen LogP) is 2.01. The molecule has 2 N–H and O–H groups in total. The molecule has 0 aliphatic heterocycles. The van der Waals surface area contributed by atoms with Crippen LogP contribution in [-0.2, 0) is 5.41 Å². The molecule has 0 radical (unpaired) electrons. The van der Waals surface area contributed by atoms with Crippen LogP contribution in [0.25, 0.3) is 0 Å². The number of nitrogens with two attached hydrogens (primary N) is 1. The van der Waals surface area contributed by atoms with Crippen molar-refractivity contribution in [2.75, 3.05) is 0 Å². The van der Waals surface area contributed by atoms with Gasteiger partial charge >= 0.3 is 0 Å². The van der Waals surface area contributed by atoms with E-state index < -0.39 is 0 Å². The summed E-state index contributed by atoms with van der Waals surface area (Å²) in [5.74, 6) is 0. The van der Waals surface area contributed by atoms with E-state index in [-0.39, 0.29) is 5.41 Å². The first-order valence-electron chi connectivity index (χ1n) is 4.16. The number of thiocarbonyl (C=S) groups is 1. The fraction of sp³-hybridized carbons (Fsp3) is 0.400. The Kier molecular flexibility index (Phi) is 2.66. The highest BCUT2D eigenvalue weighted by atomic mass is 32.1. The van der Waals surface area contributed by atoms with Crippen molar-refractivity contribution < 1.29 is 0 Å². The van der Waals surface area contributed by atoms with Crippen molar-refractivity contribution in [3.63, 3.8) is 0 Å². The zero-order valence-corrected chi connectivity index (χ0v) is 8.98. The average molecular weight is 194 g/mol. The molecule has 1 aromatic heterocycles. The van der Waals surface area contributed by atoms with E-state index in [9.17, 15) is 0 Å². The van der Waals surface area contributed by atoms with Gasteiger partial charge in [0.15, 0.2) is 0 Å². The van der Waals surface area contributed by atoms with Gasteiger partial charge in [0.25, 0.3) is 0 Å². The first-order chi connectivity index (χ1) is 5.91. The number of hydrogen-bond acceptors (Lipinski definition) is 2. The summed E-state index contributed by atoms with van der Waals surface area (Å²) in [7, 11) is 0. The highest BCUT2D eigenvalue weighted by molar-refractivity contribution is 7.80. The highest BCUT2D eigenvalue weighted by Gasteiger charge is 2.14. The maximum absolute atomic E-state index is 5.52. The van der Waals surface area contributed by atoms with Gasteiger partial charge in [-0.3, -0.25) is 4.98 Å². The van der Waals surface area contributed by atoms with Crippen molar-refractivity contribution >= 4 is 17.2 Å². The number of rotatable bonds is 1. The molecule has 0 saturated heterocycles. The molecule has 1 aromatic rings. The normalized spacial score (nSPS) is 11.3. The Morgan fingerprint density at radius 2 is 2.00 bits per heavy atom. The molecule has 0 aromatic carbocycles. The lowest BCUT2D eigenvalue weighted by Crippen LogP contribution is -2.15. The van der Waals surface area contributed by atoms with Crippen LogP contribution in [0, 0.1) is 0 Å². The van der Waals surface area contributed by atoms with Crippen molar-refractivity contribution in [2.24, 2.45) is 5.73 Å². The molecule has 0 spiro atoms. The summed E-state index contributed by atoms with van der Waals surface area (Å²) in [6.45, 7) is 6.40. The van der Waals surface area contributed by atoms with Crippen LogP contribution in [0.3, 0.4) is 0 Å². The summed E-state index contributed by atoms with van der Waals surface area (Å²) in [5, 5.41) is 0. The second-order valence-corrected chi connectivity index (χ2v) is 4.52. The predicted molar refractivity (Wildman–Crippen MR) is 58.8 cm³/mol. The molecular formula is C10H14N2S. The molecule has 0 aliphatic rings. The number of aromatic nitrogens is 1. The third-order valence-corrected chi connectivity index (χ3v) is 2.12. The monoisotopic (exact) mass is 194 g/mol. The van der Waals surface area contributed by atoms with Gasteiger partial charge < -0.3 is 5.73 Å². The average Bonchev–Trinajstić information content (AvgIpc) is 2.03. The zero-order chi connectivity index (χ0) is 10.1. The van der Waals surface area contributed by atoms with Crippen LogP contribution in [0.4, 0.5) is 0 Å². The van der Waals surface area contributed by atoms with Gasteiger partial charge in [-0.2, -0.15) is 0 Å². The maximum Gasteiger partial charge on any atom is 0.105 e. The fourth-order valence-corrected chi connectivity index (χ4v) is 1.10. The van der Waals surface area contributed by atoms with E-state index in [0.29, 0.717) is 4.99 Å². The lowest BCUT2D eigenvalue weighted by Gasteiger charge is -2.18. The maximum atomic E-state index is 5.52. The molecule has 0 atom stereocenters. The Hall–Kier alpha value is -0.960. The molecule has 2 nitrogen and oxygen atoms in total. The van der Waals surface area contributed by atoms with Crippen molar-refractivity contribution in [3.8, 4) is 0 Å². The van der Waals surface area contributed by atoms with Crippen LogP contribution in [0.15, 0.2) is 18.5 Å². The van der Waals surface area contributed by atoms with Crippen molar-refractivity contribution in [1.82, 2.24) is 4.98 Å². The molecular weight excluding hydrogens is 180 g/mol. The van der Waals surface area contributed by atoms with Crippen molar-refractivity contribution in [3.05, 3.63) is 29.6 Å². The molecule has 0 amide bonds. The lowest BCUT2D eigenvalue weighted by atomic mass is 9.88. The van der Waals surface area contributed by atoms with E-state index in [1.54, 1.807) is 6.20 Å². The quantitative estimate of drug-likeness (QED) is 0.695. The van der Waals surface area contributed by atoms with Crippen LogP contribution in [0.2, 0.25) is 0 Å². The minimum atomic E-state index is 0.0911. The molecule has 0 fully saturated rings. The standard InChI is InChI=1S/C10H14N2S/c1-10(2,3)8-4-7(9(11)13)5-12-6-8/h4-6H,1-3H3,(H2,11,13). The number of nitrogens with zero attached hydrogens (tertiary/aromatic N) is 1. The second-order valence-electron chi connectivity index (χ2n) is 4.08. The minimum absolute atomic E-state index is 0.0911. The molecule has 0 bridgehead atoms. The number of hydrogen-bond donors (Lipinski definition) is 1. The van der Waals surface area contributed by atoms with Crippen LogP contribution < -0.4 is 5.73 Å². The van der Waals surface area contributed by atoms with Crippen LogP contribution in [-0.4, -0.2) is 9.97 Å². The SMILES string of the molecule is CC(C)(C)c1cncc(C(N)=S)c1. The molecule has 0 saturated carbocycles. The van der Waals surface area contributed by atoms with Gasteiger partial charge in [-0.1, -0.05) is 33.0 Å². The number of pyridine rings is 1. The summed E-state index contributed by atoms with van der Waals surface area (Å²) < 4.78 is 0. The Morgan fingerprint density at radius 3 is 2.46 bits per heavy atom. The van der Waals surface area contributed by atoms with Crippen molar-refractivity contribution in [1.29, 1.82) is 0 Å². The summed E-state index contributed by atoms with van der Waals surface area (Å²) >= 11 is 4.88. The molecule has 1 heterocycles. The fourth-order valence-electron chi connectivity index (χ4n) is 0.985. The van der Waals surface area contributed by atoms with Crippen LogP contribution in [0.5, 0.6) is 0 Å². The lowest BCUT2D eigenvalue weighted by molar-refractivity contribution is 0.587. The van der Waals surface area contributed by atoms with E-state index in [2.05, 4.69) is 25.8 Å². The Balaban J connectivity index is 3.13. The second kappa shape index (κ2) is 3.42. The minimum Gasteiger partial charge on any atom is -0.389 e. The van der Waals surface area contributed by atoms with E-state index in [4.69, 9.17) is 18.0 Å². The summed E-state index contributed by atoms with van der Waals surface area (Å²) in [5.41, 5.74) is 7.59. The molecule has 0 unspecified atom stereocenters. The Labute approximate surface area is 84.2 Å². The van der Waals surface area contributed by atoms with Gasteiger partial charge in [0, 0.05) is 18.0 Å². The van der Waals surface area contributed by atoms with Crippen LogP contribution >= 0.6 is 12.2 Å². The third kappa shape index (κ3) is 2.49. The summed E-state index contributed by atoms with van der Waals surface area (Å²) in [6, 6.07) is 2.00. The molecule has 3 heteroatoms. The van der Waals surface area contributed by atoms with E-state index in [1.807, 2.05) is 12.3 Å².